The molecule has 0 saturated carbocycles. The fraction of sp³-hybridized carbons (Fsp3) is 0.353. The number of carbonyl (C=O) groups excluding carboxylic acids is 1. The van der Waals surface area contributed by atoms with E-state index in [4.69, 9.17) is 0 Å². The standard InChI is InChI=1S/C17H17FOS/c1-10-7-13(8-11(2)16(10)18)17(19)15-9-12-5-3-4-6-14(12)20-15/h7-9H,3-6H2,1-2H3. The van der Waals surface area contributed by atoms with Gasteiger partial charge in [-0.1, -0.05) is 0 Å². The summed E-state index contributed by atoms with van der Waals surface area (Å²) in [5.74, 6) is -0.192. The van der Waals surface area contributed by atoms with Crippen LogP contribution in [0.15, 0.2) is 18.2 Å². The van der Waals surface area contributed by atoms with Gasteiger partial charge >= 0.3 is 0 Å². The number of halogens is 1. The van der Waals surface area contributed by atoms with Gasteiger partial charge in [0.15, 0.2) is 0 Å². The van der Waals surface area contributed by atoms with E-state index in [1.807, 2.05) is 6.07 Å². The minimum atomic E-state index is -0.216. The zero-order chi connectivity index (χ0) is 14.3. The second kappa shape index (κ2) is 5.13. The summed E-state index contributed by atoms with van der Waals surface area (Å²) in [6, 6.07) is 5.35. The fourth-order valence-corrected chi connectivity index (χ4v) is 4.04. The number of hydrogen-bond donors (Lipinski definition) is 0. The predicted molar refractivity (Wildman–Crippen MR) is 80.3 cm³/mol. The molecule has 0 N–H and O–H groups in total. The van der Waals surface area contributed by atoms with Crippen molar-refractivity contribution in [1.29, 1.82) is 0 Å². The molecule has 104 valence electrons. The maximum absolute atomic E-state index is 13.7. The predicted octanol–water partition coefficient (Wildman–Crippen LogP) is 4.61. The van der Waals surface area contributed by atoms with Gasteiger partial charge in [0.25, 0.3) is 0 Å². The van der Waals surface area contributed by atoms with Crippen LogP contribution < -0.4 is 0 Å². The van der Waals surface area contributed by atoms with Crippen molar-refractivity contribution < 1.29 is 9.18 Å². The quantitative estimate of drug-likeness (QED) is 0.737. The second-order valence-electron chi connectivity index (χ2n) is 5.52. The summed E-state index contributed by atoms with van der Waals surface area (Å²) in [6.45, 7) is 3.41. The van der Waals surface area contributed by atoms with Crippen LogP contribution in [0.5, 0.6) is 0 Å². The van der Waals surface area contributed by atoms with Gasteiger partial charge in [0, 0.05) is 10.4 Å². The SMILES string of the molecule is Cc1cc(C(=O)c2cc3c(s2)CCCC3)cc(C)c1F. The van der Waals surface area contributed by atoms with E-state index in [-0.39, 0.29) is 11.6 Å². The van der Waals surface area contributed by atoms with Crippen molar-refractivity contribution in [3.05, 3.63) is 56.0 Å². The Kier molecular flexibility index (Phi) is 3.47. The van der Waals surface area contributed by atoms with Crippen LogP contribution >= 0.6 is 11.3 Å². The Labute approximate surface area is 122 Å². The number of rotatable bonds is 2. The first-order valence-electron chi connectivity index (χ1n) is 6.99. The van der Waals surface area contributed by atoms with Crippen molar-refractivity contribution >= 4 is 17.1 Å². The average molecular weight is 288 g/mol. The fourth-order valence-electron chi connectivity index (χ4n) is 2.82. The first-order chi connectivity index (χ1) is 9.56. The van der Waals surface area contributed by atoms with E-state index in [1.54, 1.807) is 37.3 Å². The number of ketones is 1. The zero-order valence-electron chi connectivity index (χ0n) is 11.8. The maximum Gasteiger partial charge on any atom is 0.202 e. The number of thiophene rings is 1. The normalized spacial score (nSPS) is 14.2. The van der Waals surface area contributed by atoms with Gasteiger partial charge in [0.2, 0.25) is 5.78 Å². The van der Waals surface area contributed by atoms with Gasteiger partial charge in [-0.05, 0) is 74.4 Å². The number of aryl methyl sites for hydroxylation is 4. The van der Waals surface area contributed by atoms with Gasteiger partial charge in [0.1, 0.15) is 5.82 Å². The van der Waals surface area contributed by atoms with E-state index >= 15 is 0 Å². The molecule has 2 aromatic rings. The molecule has 0 radical (unpaired) electrons. The van der Waals surface area contributed by atoms with E-state index in [0.717, 1.165) is 17.7 Å². The molecule has 3 rings (SSSR count). The highest BCUT2D eigenvalue weighted by Gasteiger charge is 2.19. The number of carbonyl (C=O) groups is 1. The van der Waals surface area contributed by atoms with E-state index < -0.39 is 0 Å². The van der Waals surface area contributed by atoms with Crippen LogP contribution in [0.3, 0.4) is 0 Å². The van der Waals surface area contributed by atoms with Crippen LogP contribution in [-0.4, -0.2) is 5.78 Å². The molecular weight excluding hydrogens is 271 g/mol. The van der Waals surface area contributed by atoms with Gasteiger partial charge < -0.3 is 0 Å². The topological polar surface area (TPSA) is 17.1 Å². The van der Waals surface area contributed by atoms with Crippen LogP contribution in [0, 0.1) is 19.7 Å². The molecule has 0 spiro atoms. The molecule has 1 nitrogen and oxygen atoms in total. The van der Waals surface area contributed by atoms with Gasteiger partial charge in [-0.15, -0.1) is 11.3 Å². The molecule has 0 unspecified atom stereocenters. The maximum atomic E-state index is 13.7. The Balaban J connectivity index is 1.98. The van der Waals surface area contributed by atoms with E-state index in [2.05, 4.69) is 0 Å². The Morgan fingerprint density at radius 3 is 2.40 bits per heavy atom. The number of hydrogen-bond acceptors (Lipinski definition) is 2. The third kappa shape index (κ3) is 2.31. The lowest BCUT2D eigenvalue weighted by Crippen LogP contribution is -2.02. The van der Waals surface area contributed by atoms with Crippen molar-refractivity contribution in [3.63, 3.8) is 0 Å². The molecule has 0 saturated heterocycles. The first-order valence-corrected chi connectivity index (χ1v) is 7.81. The third-order valence-electron chi connectivity index (χ3n) is 3.92. The molecule has 1 aliphatic carbocycles. The molecule has 0 aliphatic heterocycles. The molecule has 1 aromatic carbocycles. The smallest absolute Gasteiger partial charge is 0.202 e. The monoisotopic (exact) mass is 288 g/mol. The molecule has 1 heterocycles. The van der Waals surface area contributed by atoms with E-state index in [1.165, 1.54) is 23.3 Å². The molecule has 1 aliphatic rings. The van der Waals surface area contributed by atoms with Gasteiger partial charge in [-0.25, -0.2) is 4.39 Å². The second-order valence-corrected chi connectivity index (χ2v) is 6.66. The molecule has 3 heteroatoms. The summed E-state index contributed by atoms with van der Waals surface area (Å²) in [5, 5.41) is 0. The van der Waals surface area contributed by atoms with Crippen LogP contribution in [0.4, 0.5) is 4.39 Å². The van der Waals surface area contributed by atoms with Crippen molar-refractivity contribution in [1.82, 2.24) is 0 Å². The largest absolute Gasteiger partial charge is 0.288 e. The van der Waals surface area contributed by atoms with Crippen LogP contribution in [0.2, 0.25) is 0 Å². The van der Waals surface area contributed by atoms with Crippen LogP contribution in [0.1, 0.15) is 49.6 Å². The molecule has 0 bridgehead atoms. The molecule has 20 heavy (non-hydrogen) atoms. The van der Waals surface area contributed by atoms with Gasteiger partial charge in [-0.2, -0.15) is 0 Å². The average Bonchev–Trinajstić information content (AvgIpc) is 2.87. The molecule has 0 fully saturated rings. The van der Waals surface area contributed by atoms with Crippen LogP contribution in [0.25, 0.3) is 0 Å². The Hall–Kier alpha value is -1.48. The molecule has 1 aromatic heterocycles. The Morgan fingerprint density at radius 2 is 1.75 bits per heavy atom. The van der Waals surface area contributed by atoms with Crippen LogP contribution in [-0.2, 0) is 12.8 Å². The highest BCUT2D eigenvalue weighted by Crippen LogP contribution is 2.31. The minimum absolute atomic E-state index is 0.0237. The number of benzene rings is 1. The van der Waals surface area contributed by atoms with E-state index in [0.29, 0.717) is 16.7 Å². The molecule has 0 atom stereocenters. The van der Waals surface area contributed by atoms with Gasteiger partial charge in [0.05, 0.1) is 4.88 Å². The van der Waals surface area contributed by atoms with Crippen molar-refractivity contribution in [3.8, 4) is 0 Å². The lowest BCUT2D eigenvalue weighted by molar-refractivity contribution is 0.104. The lowest BCUT2D eigenvalue weighted by atomic mass is 9.98. The van der Waals surface area contributed by atoms with Gasteiger partial charge in [-0.3, -0.25) is 4.79 Å². The summed E-state index contributed by atoms with van der Waals surface area (Å²) in [5.41, 5.74) is 3.00. The number of fused-ring (bicyclic) bond motifs is 1. The minimum Gasteiger partial charge on any atom is -0.288 e. The third-order valence-corrected chi connectivity index (χ3v) is 5.15. The highest BCUT2D eigenvalue weighted by atomic mass is 32.1. The highest BCUT2D eigenvalue weighted by molar-refractivity contribution is 7.14. The summed E-state index contributed by atoms with van der Waals surface area (Å²) in [6.07, 6.45) is 4.61. The first kappa shape index (κ1) is 13.5. The Morgan fingerprint density at radius 1 is 1.10 bits per heavy atom. The van der Waals surface area contributed by atoms with Crippen molar-refractivity contribution in [2.45, 2.75) is 39.5 Å². The summed E-state index contributed by atoms with van der Waals surface area (Å²) >= 11 is 1.61. The summed E-state index contributed by atoms with van der Waals surface area (Å²) < 4.78 is 13.7. The van der Waals surface area contributed by atoms with E-state index in [9.17, 15) is 9.18 Å². The van der Waals surface area contributed by atoms with Crippen molar-refractivity contribution in [2.24, 2.45) is 0 Å². The molecular formula is C17H17FOS. The summed E-state index contributed by atoms with van der Waals surface area (Å²) in [7, 11) is 0. The summed E-state index contributed by atoms with van der Waals surface area (Å²) in [4.78, 5) is 14.7. The Bertz CT molecular complexity index is 638. The molecule has 0 amide bonds. The zero-order valence-corrected chi connectivity index (χ0v) is 12.6. The van der Waals surface area contributed by atoms with Crippen molar-refractivity contribution in [2.75, 3.05) is 0 Å². The lowest BCUT2D eigenvalue weighted by Gasteiger charge is -2.08.